The SMILES string of the molecule is c1ccc(-c2ccc(N(c3ccc4c(c3)Cc3cc(-c5cccc6c7cccc8c9ccccc9n(c56)c87)ccc3-4)c3ccc4c(c3)c3ccccc3n4-c3ccccc3)cc2)cc1. The number of aromatic nitrogens is 2. The quantitative estimate of drug-likeness (QED) is 0.163. The second kappa shape index (κ2) is 13.5. The normalized spacial score (nSPS) is 12.3. The molecule has 1 aliphatic carbocycles. The van der Waals surface area contributed by atoms with E-state index in [2.05, 4.69) is 238 Å². The molecule has 3 nitrogen and oxygen atoms in total. The highest BCUT2D eigenvalue weighted by Crippen LogP contribution is 2.47. The summed E-state index contributed by atoms with van der Waals surface area (Å²) in [6, 6.07) is 82.8. The summed E-state index contributed by atoms with van der Waals surface area (Å²) < 4.78 is 4.90. The molecule has 1 aliphatic rings. The molecule has 0 radical (unpaired) electrons. The van der Waals surface area contributed by atoms with Crippen LogP contribution in [0.25, 0.3) is 99.0 Å². The van der Waals surface area contributed by atoms with E-state index in [1.807, 2.05) is 0 Å². The third kappa shape index (κ3) is 5.10. The highest BCUT2D eigenvalue weighted by atomic mass is 15.1. The van der Waals surface area contributed by atoms with Crippen molar-refractivity contribution in [1.82, 2.24) is 8.97 Å². The van der Waals surface area contributed by atoms with E-state index in [1.54, 1.807) is 0 Å². The lowest BCUT2D eigenvalue weighted by atomic mass is 9.97. The van der Waals surface area contributed by atoms with E-state index in [9.17, 15) is 0 Å². The van der Waals surface area contributed by atoms with Crippen LogP contribution in [-0.4, -0.2) is 8.97 Å². The molecule has 0 atom stereocenters. The lowest BCUT2D eigenvalue weighted by Crippen LogP contribution is -2.10. The standard InChI is InChI=1S/C61H39N3/c1-3-13-39(14-4-1)40-25-28-45(29-26-40)62(47-31-34-59-56(38-47)52-18-8-9-23-57(52)63(59)44-15-5-2-6-16-44)46-30-33-49-43(37-46)36-42-35-41(27-32-48(42)49)50-19-11-21-54-55-22-12-20-53-51-17-7-10-24-58(51)64(60(50)54)61(53)55/h1-35,37-38H,36H2. The monoisotopic (exact) mass is 813 g/mol. The summed E-state index contributed by atoms with van der Waals surface area (Å²) in [5, 5.41) is 7.71. The van der Waals surface area contributed by atoms with Crippen molar-refractivity contribution in [2.45, 2.75) is 6.42 Å². The van der Waals surface area contributed by atoms with Gasteiger partial charge in [0.25, 0.3) is 0 Å². The van der Waals surface area contributed by atoms with E-state index in [4.69, 9.17) is 0 Å². The highest BCUT2D eigenvalue weighted by molar-refractivity contribution is 6.25. The van der Waals surface area contributed by atoms with Gasteiger partial charge in [0.05, 0.1) is 27.6 Å². The molecule has 3 aromatic heterocycles. The van der Waals surface area contributed by atoms with Gasteiger partial charge in [-0.15, -0.1) is 0 Å². The van der Waals surface area contributed by atoms with Crippen LogP contribution in [0.5, 0.6) is 0 Å². The molecule has 14 rings (SSSR count). The largest absolute Gasteiger partial charge is 0.310 e. The van der Waals surface area contributed by atoms with E-state index in [0.29, 0.717) is 0 Å². The van der Waals surface area contributed by atoms with Crippen LogP contribution in [0.1, 0.15) is 11.1 Å². The van der Waals surface area contributed by atoms with E-state index >= 15 is 0 Å². The molecule has 0 N–H and O–H groups in total. The Morgan fingerprint density at radius 2 is 0.844 bits per heavy atom. The fourth-order valence-corrected chi connectivity index (χ4v) is 11.0. The van der Waals surface area contributed by atoms with Crippen molar-refractivity contribution in [1.29, 1.82) is 0 Å². The number of hydrogen-bond acceptors (Lipinski definition) is 1. The number of hydrogen-bond donors (Lipinski definition) is 0. The van der Waals surface area contributed by atoms with Gasteiger partial charge in [0.1, 0.15) is 0 Å². The Kier molecular flexibility index (Phi) is 7.46. The maximum Gasteiger partial charge on any atom is 0.0620 e. The van der Waals surface area contributed by atoms with E-state index in [1.165, 1.54) is 104 Å². The minimum Gasteiger partial charge on any atom is -0.310 e. The summed E-state index contributed by atoms with van der Waals surface area (Å²) in [5.74, 6) is 0. The predicted octanol–water partition coefficient (Wildman–Crippen LogP) is 16.3. The number of para-hydroxylation sites is 5. The van der Waals surface area contributed by atoms with Crippen molar-refractivity contribution in [2.24, 2.45) is 0 Å². The maximum atomic E-state index is 2.51. The molecule has 0 bridgehead atoms. The number of nitrogens with zero attached hydrogens (tertiary/aromatic N) is 3. The molecule has 3 heterocycles. The Morgan fingerprint density at radius 1 is 0.312 bits per heavy atom. The van der Waals surface area contributed by atoms with E-state index in [-0.39, 0.29) is 0 Å². The van der Waals surface area contributed by atoms with Gasteiger partial charge in [-0.05, 0) is 112 Å². The molecule has 0 amide bonds. The average molecular weight is 814 g/mol. The minimum atomic E-state index is 0.878. The van der Waals surface area contributed by atoms with Crippen LogP contribution in [0.4, 0.5) is 17.1 Å². The first kappa shape index (κ1) is 35.2. The molecule has 0 saturated heterocycles. The maximum absolute atomic E-state index is 2.51. The van der Waals surface area contributed by atoms with Crippen molar-refractivity contribution < 1.29 is 0 Å². The van der Waals surface area contributed by atoms with Crippen LogP contribution in [0, 0.1) is 0 Å². The van der Waals surface area contributed by atoms with Gasteiger partial charge in [0.2, 0.25) is 0 Å². The molecule has 0 unspecified atom stereocenters. The summed E-state index contributed by atoms with van der Waals surface area (Å²) in [7, 11) is 0. The molecule has 0 spiro atoms. The highest BCUT2D eigenvalue weighted by Gasteiger charge is 2.25. The molecule has 0 aliphatic heterocycles. The van der Waals surface area contributed by atoms with E-state index in [0.717, 1.165) is 29.2 Å². The predicted molar refractivity (Wildman–Crippen MR) is 269 cm³/mol. The second-order valence-electron chi connectivity index (χ2n) is 17.3. The molecule has 10 aromatic carbocycles. The molecule has 3 heteroatoms. The average Bonchev–Trinajstić information content (AvgIpc) is 4.10. The van der Waals surface area contributed by atoms with Crippen molar-refractivity contribution in [2.75, 3.05) is 4.90 Å². The summed E-state index contributed by atoms with van der Waals surface area (Å²) >= 11 is 0. The van der Waals surface area contributed by atoms with Crippen molar-refractivity contribution in [3.05, 3.63) is 236 Å². The zero-order valence-electron chi connectivity index (χ0n) is 34.9. The van der Waals surface area contributed by atoms with Gasteiger partial charge in [0.15, 0.2) is 0 Å². The number of fused-ring (bicyclic) bond motifs is 12. The van der Waals surface area contributed by atoms with Crippen LogP contribution < -0.4 is 4.90 Å². The molecule has 0 saturated carbocycles. The minimum absolute atomic E-state index is 0.878. The molecule has 298 valence electrons. The van der Waals surface area contributed by atoms with Crippen molar-refractivity contribution in [3.63, 3.8) is 0 Å². The lowest BCUT2D eigenvalue weighted by Gasteiger charge is -2.26. The summed E-state index contributed by atoms with van der Waals surface area (Å²) in [5.41, 5.74) is 21.1. The Hall–Kier alpha value is -8.40. The van der Waals surface area contributed by atoms with Gasteiger partial charge < -0.3 is 13.9 Å². The Morgan fingerprint density at radius 3 is 1.64 bits per heavy atom. The second-order valence-corrected chi connectivity index (χ2v) is 17.3. The van der Waals surface area contributed by atoms with Gasteiger partial charge in [0, 0.05) is 60.6 Å². The van der Waals surface area contributed by atoms with Crippen LogP contribution in [0.15, 0.2) is 224 Å². The Bertz CT molecular complexity index is 3970. The zero-order chi connectivity index (χ0) is 41.9. The van der Waals surface area contributed by atoms with Crippen molar-refractivity contribution >= 4 is 77.0 Å². The lowest BCUT2D eigenvalue weighted by molar-refractivity contribution is 1.18. The van der Waals surface area contributed by atoms with Gasteiger partial charge in [-0.1, -0.05) is 158 Å². The third-order valence-corrected chi connectivity index (χ3v) is 13.8. The van der Waals surface area contributed by atoms with Crippen LogP contribution in [0.2, 0.25) is 0 Å². The topological polar surface area (TPSA) is 12.6 Å². The smallest absolute Gasteiger partial charge is 0.0620 e. The first-order chi connectivity index (χ1) is 31.7. The summed E-state index contributed by atoms with van der Waals surface area (Å²) in [4.78, 5) is 2.44. The molecule has 0 fully saturated rings. The van der Waals surface area contributed by atoms with Gasteiger partial charge >= 0.3 is 0 Å². The van der Waals surface area contributed by atoms with Crippen LogP contribution in [0.3, 0.4) is 0 Å². The van der Waals surface area contributed by atoms with Crippen LogP contribution >= 0.6 is 0 Å². The molecular formula is C61H39N3. The van der Waals surface area contributed by atoms with Crippen molar-refractivity contribution in [3.8, 4) is 39.1 Å². The fraction of sp³-hybridized carbons (Fsp3) is 0.0164. The van der Waals surface area contributed by atoms with Gasteiger partial charge in [-0.25, -0.2) is 0 Å². The van der Waals surface area contributed by atoms with Crippen LogP contribution in [-0.2, 0) is 6.42 Å². The Labute approximate surface area is 370 Å². The molecular weight excluding hydrogens is 775 g/mol. The first-order valence-corrected chi connectivity index (χ1v) is 22.2. The molecule has 13 aromatic rings. The fourth-order valence-electron chi connectivity index (χ4n) is 11.0. The molecule has 64 heavy (non-hydrogen) atoms. The summed E-state index contributed by atoms with van der Waals surface area (Å²) in [6.07, 6.45) is 0.878. The van der Waals surface area contributed by atoms with Gasteiger partial charge in [-0.3, -0.25) is 0 Å². The van der Waals surface area contributed by atoms with Gasteiger partial charge in [-0.2, -0.15) is 0 Å². The number of rotatable bonds is 6. The number of benzene rings is 10. The third-order valence-electron chi connectivity index (χ3n) is 13.8. The first-order valence-electron chi connectivity index (χ1n) is 22.2. The summed E-state index contributed by atoms with van der Waals surface area (Å²) in [6.45, 7) is 0. The zero-order valence-corrected chi connectivity index (χ0v) is 34.9. The Balaban J connectivity index is 0.895. The number of anilines is 3. The van der Waals surface area contributed by atoms with E-state index < -0.39 is 0 Å².